The van der Waals surface area contributed by atoms with Crippen molar-refractivity contribution >= 4 is 29.9 Å². The number of nitrogens with zero attached hydrogens (tertiary/aromatic N) is 1. The Morgan fingerprint density at radius 2 is 1.74 bits per heavy atom. The van der Waals surface area contributed by atoms with Gasteiger partial charge in [-0.15, -0.1) is 24.0 Å². The second-order valence-corrected chi connectivity index (χ2v) is 6.98. The molecule has 2 rings (SSSR count). The van der Waals surface area contributed by atoms with Gasteiger partial charge in [-0.25, -0.2) is 4.99 Å². The van der Waals surface area contributed by atoms with Gasteiger partial charge in [-0.1, -0.05) is 24.3 Å². The van der Waals surface area contributed by atoms with E-state index in [2.05, 4.69) is 15.6 Å². The number of hydrogen-bond donors (Lipinski definition) is 3. The quantitative estimate of drug-likeness (QED) is 0.240. The van der Waals surface area contributed by atoms with Crippen molar-refractivity contribution in [1.82, 2.24) is 10.6 Å². The van der Waals surface area contributed by atoms with Crippen molar-refractivity contribution in [3.05, 3.63) is 53.6 Å². The molecule has 0 radical (unpaired) electrons. The van der Waals surface area contributed by atoms with Gasteiger partial charge in [0, 0.05) is 18.7 Å². The first-order chi connectivity index (χ1) is 14.5. The van der Waals surface area contributed by atoms with Crippen LogP contribution in [0.2, 0.25) is 0 Å². The van der Waals surface area contributed by atoms with Crippen LogP contribution in [-0.4, -0.2) is 44.5 Å². The summed E-state index contributed by atoms with van der Waals surface area (Å²) in [7, 11) is 3.22. The Morgan fingerprint density at radius 3 is 2.32 bits per heavy atom. The molecule has 0 fully saturated rings. The molecule has 0 aromatic heterocycles. The first kappa shape index (κ1) is 26.8. The Kier molecular flexibility index (Phi) is 12.1. The van der Waals surface area contributed by atoms with Crippen LogP contribution in [0.15, 0.2) is 47.5 Å². The van der Waals surface area contributed by atoms with E-state index in [1.54, 1.807) is 14.2 Å². The summed E-state index contributed by atoms with van der Waals surface area (Å²) < 4.78 is 16.4. The molecule has 172 valence electrons. The number of hydrogen-bond acceptors (Lipinski definition) is 5. The van der Waals surface area contributed by atoms with E-state index in [1.807, 2.05) is 63.2 Å². The second kappa shape index (κ2) is 14.0. The van der Waals surface area contributed by atoms with Crippen molar-refractivity contribution in [2.75, 3.05) is 27.3 Å². The van der Waals surface area contributed by atoms with E-state index in [0.717, 1.165) is 16.9 Å². The van der Waals surface area contributed by atoms with E-state index in [1.165, 1.54) is 0 Å². The topological polar surface area (TPSA) is 84.3 Å². The summed E-state index contributed by atoms with van der Waals surface area (Å²) in [5, 5.41) is 16.9. The van der Waals surface area contributed by atoms with Gasteiger partial charge in [-0.2, -0.15) is 0 Å². The van der Waals surface area contributed by atoms with Crippen LogP contribution in [0.3, 0.4) is 0 Å². The SMILES string of the molecule is CCNC(=NCc1cccc(OC)c1OC)NCC(O)c1ccc(OC(C)C)cc1.I. The predicted molar refractivity (Wildman–Crippen MR) is 135 cm³/mol. The molecular formula is C23H34IN3O4. The van der Waals surface area contributed by atoms with Gasteiger partial charge >= 0.3 is 0 Å². The highest BCUT2D eigenvalue weighted by Gasteiger charge is 2.11. The molecule has 0 aliphatic carbocycles. The van der Waals surface area contributed by atoms with Crippen molar-refractivity contribution in [2.45, 2.75) is 39.5 Å². The van der Waals surface area contributed by atoms with Crippen LogP contribution in [-0.2, 0) is 6.54 Å². The number of ether oxygens (including phenoxy) is 3. The van der Waals surface area contributed by atoms with Crippen molar-refractivity contribution in [2.24, 2.45) is 4.99 Å². The highest BCUT2D eigenvalue weighted by Crippen LogP contribution is 2.31. The molecule has 0 saturated carbocycles. The van der Waals surface area contributed by atoms with E-state index >= 15 is 0 Å². The largest absolute Gasteiger partial charge is 0.493 e. The monoisotopic (exact) mass is 543 g/mol. The van der Waals surface area contributed by atoms with Gasteiger partial charge in [0.05, 0.1) is 33.0 Å². The third kappa shape index (κ3) is 8.45. The summed E-state index contributed by atoms with van der Waals surface area (Å²) in [4.78, 5) is 4.61. The first-order valence-electron chi connectivity index (χ1n) is 10.1. The maximum absolute atomic E-state index is 10.5. The fourth-order valence-corrected chi connectivity index (χ4v) is 2.94. The van der Waals surface area contributed by atoms with Crippen LogP contribution in [0.5, 0.6) is 17.2 Å². The smallest absolute Gasteiger partial charge is 0.191 e. The number of aliphatic hydroxyl groups is 1. The van der Waals surface area contributed by atoms with E-state index in [-0.39, 0.29) is 30.1 Å². The average Bonchev–Trinajstić information content (AvgIpc) is 2.75. The number of guanidine groups is 1. The average molecular weight is 543 g/mol. The zero-order chi connectivity index (χ0) is 21.9. The summed E-state index contributed by atoms with van der Waals surface area (Å²) in [6, 6.07) is 13.2. The lowest BCUT2D eigenvalue weighted by atomic mass is 10.1. The third-order valence-corrected chi connectivity index (χ3v) is 4.34. The summed E-state index contributed by atoms with van der Waals surface area (Å²) in [6.07, 6.45) is -0.558. The summed E-state index contributed by atoms with van der Waals surface area (Å²) in [6.45, 7) is 7.40. The molecule has 2 aromatic carbocycles. The Bertz CT molecular complexity index is 813. The number of halogens is 1. The van der Waals surface area contributed by atoms with Gasteiger partial charge in [0.15, 0.2) is 17.5 Å². The Hall–Kier alpha value is -2.20. The summed E-state index contributed by atoms with van der Waals surface area (Å²) in [5.74, 6) is 2.74. The number of rotatable bonds is 10. The van der Waals surface area contributed by atoms with Crippen LogP contribution in [0.1, 0.15) is 38.0 Å². The van der Waals surface area contributed by atoms with Gasteiger partial charge in [0.2, 0.25) is 0 Å². The molecule has 0 aliphatic rings. The molecule has 31 heavy (non-hydrogen) atoms. The van der Waals surface area contributed by atoms with Crippen LogP contribution >= 0.6 is 24.0 Å². The lowest BCUT2D eigenvalue weighted by Gasteiger charge is -2.17. The van der Waals surface area contributed by atoms with Crippen molar-refractivity contribution in [3.63, 3.8) is 0 Å². The molecule has 0 bridgehead atoms. The van der Waals surface area contributed by atoms with Gasteiger partial charge < -0.3 is 30.0 Å². The highest BCUT2D eigenvalue weighted by molar-refractivity contribution is 14.0. The molecule has 0 saturated heterocycles. The van der Waals surface area contributed by atoms with E-state index < -0.39 is 6.10 Å². The Labute approximate surface area is 202 Å². The summed E-state index contributed by atoms with van der Waals surface area (Å²) in [5.41, 5.74) is 1.72. The Balaban J connectivity index is 0.00000480. The van der Waals surface area contributed by atoms with Gasteiger partial charge in [0.25, 0.3) is 0 Å². The molecule has 0 heterocycles. The first-order valence-corrected chi connectivity index (χ1v) is 10.1. The number of aliphatic imine (C=N–C) groups is 1. The van der Waals surface area contributed by atoms with Crippen molar-refractivity contribution < 1.29 is 19.3 Å². The molecule has 0 aliphatic heterocycles. The molecule has 7 nitrogen and oxygen atoms in total. The molecular weight excluding hydrogens is 509 g/mol. The van der Waals surface area contributed by atoms with E-state index in [9.17, 15) is 5.11 Å². The fraction of sp³-hybridized carbons (Fsp3) is 0.435. The zero-order valence-electron chi connectivity index (χ0n) is 18.8. The molecule has 1 atom stereocenters. The second-order valence-electron chi connectivity index (χ2n) is 6.98. The van der Waals surface area contributed by atoms with Crippen molar-refractivity contribution in [3.8, 4) is 17.2 Å². The normalized spacial score (nSPS) is 12.0. The zero-order valence-corrected chi connectivity index (χ0v) is 21.2. The van der Waals surface area contributed by atoms with Crippen LogP contribution in [0, 0.1) is 0 Å². The lowest BCUT2D eigenvalue weighted by molar-refractivity contribution is 0.180. The third-order valence-electron chi connectivity index (χ3n) is 4.34. The van der Waals surface area contributed by atoms with Crippen molar-refractivity contribution in [1.29, 1.82) is 0 Å². The number of benzene rings is 2. The standard InChI is InChI=1S/C23H33N3O4.HI/c1-6-24-23(25-14-18-8-7-9-21(28-4)22(18)29-5)26-15-20(27)17-10-12-19(13-11-17)30-16(2)3;/h7-13,16,20,27H,6,14-15H2,1-5H3,(H2,24,25,26);1H. The number of nitrogens with one attached hydrogen (secondary N) is 2. The minimum Gasteiger partial charge on any atom is -0.493 e. The molecule has 8 heteroatoms. The molecule has 2 aromatic rings. The molecule has 0 amide bonds. The van der Waals surface area contributed by atoms with Crippen LogP contribution < -0.4 is 24.8 Å². The maximum atomic E-state index is 10.5. The van der Waals surface area contributed by atoms with E-state index in [0.29, 0.717) is 37.1 Å². The highest BCUT2D eigenvalue weighted by atomic mass is 127. The van der Waals surface area contributed by atoms with Gasteiger partial charge in [-0.3, -0.25) is 0 Å². The van der Waals surface area contributed by atoms with Gasteiger partial charge in [-0.05, 0) is 44.5 Å². The van der Waals surface area contributed by atoms with Crippen LogP contribution in [0.4, 0.5) is 0 Å². The lowest BCUT2D eigenvalue weighted by Crippen LogP contribution is -2.39. The molecule has 0 spiro atoms. The van der Waals surface area contributed by atoms with E-state index in [4.69, 9.17) is 14.2 Å². The van der Waals surface area contributed by atoms with Gasteiger partial charge in [0.1, 0.15) is 5.75 Å². The maximum Gasteiger partial charge on any atom is 0.191 e. The minimum absolute atomic E-state index is 0. The predicted octanol–water partition coefficient (Wildman–Crippen LogP) is 3.90. The van der Waals surface area contributed by atoms with Crippen LogP contribution in [0.25, 0.3) is 0 Å². The Morgan fingerprint density at radius 1 is 1.03 bits per heavy atom. The summed E-state index contributed by atoms with van der Waals surface area (Å²) >= 11 is 0. The molecule has 3 N–H and O–H groups in total. The molecule has 1 unspecified atom stereocenters. The number of methoxy groups -OCH3 is 2. The fourth-order valence-electron chi connectivity index (χ4n) is 2.94. The number of aliphatic hydroxyl groups excluding tert-OH is 1. The number of para-hydroxylation sites is 1. The minimum atomic E-state index is -0.673.